The van der Waals surface area contributed by atoms with Crippen molar-refractivity contribution in [3.8, 4) is 0 Å². The quantitative estimate of drug-likeness (QED) is 0.489. The number of rotatable bonds is 2. The van der Waals surface area contributed by atoms with Gasteiger partial charge in [0.2, 0.25) is 0 Å². The third-order valence-corrected chi connectivity index (χ3v) is 7.53. The van der Waals surface area contributed by atoms with Crippen LogP contribution in [0.15, 0.2) is 42.4 Å². The average molecular weight is 406 g/mol. The van der Waals surface area contributed by atoms with Gasteiger partial charge in [0, 0.05) is 0 Å². The molecule has 20 heavy (non-hydrogen) atoms. The SMILES string of the molecule is CC1=C(C)C(C)C(C2=[C]([Zr+2])CC=C2[SiH](C)C)=C1C.[Cl-].[Cl-]. The monoisotopic (exact) mass is 403 g/mol. The van der Waals surface area contributed by atoms with Crippen molar-refractivity contribution in [2.75, 3.05) is 0 Å². The van der Waals surface area contributed by atoms with E-state index in [0.717, 1.165) is 0 Å². The van der Waals surface area contributed by atoms with E-state index in [1.165, 1.54) is 12.0 Å². The van der Waals surface area contributed by atoms with Crippen LogP contribution in [0.5, 0.6) is 0 Å². The van der Waals surface area contributed by atoms with Crippen LogP contribution in [-0.2, 0) is 24.7 Å². The normalized spacial score (nSPS) is 22.4. The molecule has 0 spiro atoms. The van der Waals surface area contributed by atoms with Gasteiger partial charge in [0.05, 0.1) is 0 Å². The third-order valence-electron chi connectivity index (χ3n) is 4.65. The van der Waals surface area contributed by atoms with Crippen LogP contribution in [0, 0.1) is 5.92 Å². The molecule has 0 bridgehead atoms. The summed E-state index contributed by atoms with van der Waals surface area (Å²) in [7, 11) is -0.706. The van der Waals surface area contributed by atoms with E-state index in [9.17, 15) is 0 Å². The number of halogens is 2. The first kappa shape index (κ1) is 20.6. The largest absolute Gasteiger partial charge is 1.00 e. The van der Waals surface area contributed by atoms with E-state index >= 15 is 0 Å². The molecule has 1 unspecified atom stereocenters. The van der Waals surface area contributed by atoms with Crippen LogP contribution in [0.4, 0.5) is 0 Å². The molecule has 0 N–H and O–H groups in total. The second kappa shape index (κ2) is 7.77. The third kappa shape index (κ3) is 3.35. The summed E-state index contributed by atoms with van der Waals surface area (Å²) in [6, 6.07) is 0. The molecule has 0 nitrogen and oxygen atoms in total. The van der Waals surface area contributed by atoms with Crippen LogP contribution in [0.2, 0.25) is 13.1 Å². The Morgan fingerprint density at radius 1 is 1.10 bits per heavy atom. The molecule has 109 valence electrons. The van der Waals surface area contributed by atoms with Crippen molar-refractivity contribution < 1.29 is 49.5 Å². The maximum absolute atomic E-state index is 2.52. The molecule has 0 saturated carbocycles. The zero-order chi connectivity index (χ0) is 13.6. The maximum Gasteiger partial charge on any atom is -1.00 e. The molecule has 0 aromatic heterocycles. The minimum atomic E-state index is -0.706. The minimum absolute atomic E-state index is 0. The van der Waals surface area contributed by atoms with E-state index in [4.69, 9.17) is 0 Å². The van der Waals surface area contributed by atoms with Crippen LogP contribution < -0.4 is 24.8 Å². The van der Waals surface area contributed by atoms with Gasteiger partial charge < -0.3 is 24.8 Å². The van der Waals surface area contributed by atoms with Gasteiger partial charge in [0.25, 0.3) is 0 Å². The number of allylic oxidation sites excluding steroid dienone is 8. The summed E-state index contributed by atoms with van der Waals surface area (Å²) < 4.78 is 1.68. The molecule has 2 aliphatic rings. The van der Waals surface area contributed by atoms with Crippen molar-refractivity contribution >= 4 is 8.80 Å². The number of hydrogen-bond donors (Lipinski definition) is 0. The molecule has 0 heterocycles. The summed E-state index contributed by atoms with van der Waals surface area (Å²) in [6.07, 6.45) is 3.74. The van der Waals surface area contributed by atoms with Gasteiger partial charge in [0.15, 0.2) is 0 Å². The van der Waals surface area contributed by atoms with Crippen molar-refractivity contribution in [1.29, 1.82) is 0 Å². The minimum Gasteiger partial charge on any atom is -1.00 e. The summed E-state index contributed by atoms with van der Waals surface area (Å²) >= 11 is 1.61. The maximum atomic E-state index is 2.52. The van der Waals surface area contributed by atoms with Gasteiger partial charge in [-0.2, -0.15) is 0 Å². The Labute approximate surface area is 153 Å². The number of hydrogen-bond acceptors (Lipinski definition) is 0. The van der Waals surface area contributed by atoms with Crippen LogP contribution >= 0.6 is 0 Å². The molecule has 0 fully saturated rings. The summed E-state index contributed by atoms with van der Waals surface area (Å²) in [5.74, 6) is 0.629. The Morgan fingerprint density at radius 3 is 2.05 bits per heavy atom. The van der Waals surface area contributed by atoms with Crippen LogP contribution in [0.1, 0.15) is 34.1 Å². The van der Waals surface area contributed by atoms with Gasteiger partial charge >= 0.3 is 129 Å². The fraction of sp³-hybridized carbons (Fsp3) is 0.500. The molecule has 0 aromatic rings. The van der Waals surface area contributed by atoms with Crippen molar-refractivity contribution in [3.63, 3.8) is 0 Å². The average Bonchev–Trinajstić information content (AvgIpc) is 2.76. The Morgan fingerprint density at radius 2 is 1.65 bits per heavy atom. The van der Waals surface area contributed by atoms with Gasteiger partial charge in [-0.1, -0.05) is 0 Å². The standard InChI is InChI=1S/C16H23Si.2ClH.Zr/c1-10-11(2)13(4)16(12(10)3)14-8-7-9-15(14)17(5)6;;;/h9,12,17H,7H2,1-6H3;2*1H;/q;;;+2/p-2. The van der Waals surface area contributed by atoms with E-state index in [-0.39, 0.29) is 24.8 Å². The van der Waals surface area contributed by atoms with Crippen LogP contribution in [0.25, 0.3) is 0 Å². The molecular weight excluding hydrogens is 382 g/mol. The second-order valence-corrected chi connectivity index (χ2v) is 10.4. The van der Waals surface area contributed by atoms with Gasteiger partial charge in [0.1, 0.15) is 0 Å². The molecular formula is C16H23Cl2SiZr. The van der Waals surface area contributed by atoms with Crippen molar-refractivity contribution in [2.24, 2.45) is 5.92 Å². The summed E-state index contributed by atoms with van der Waals surface area (Å²) in [4.78, 5) is 0. The second-order valence-electron chi connectivity index (χ2n) is 5.94. The van der Waals surface area contributed by atoms with Crippen molar-refractivity contribution in [1.82, 2.24) is 0 Å². The topological polar surface area (TPSA) is 0 Å². The molecule has 0 aliphatic heterocycles. The molecule has 4 heteroatoms. The van der Waals surface area contributed by atoms with Gasteiger partial charge in [-0.25, -0.2) is 0 Å². The molecule has 0 amide bonds. The smallest absolute Gasteiger partial charge is 1.00 e. The summed E-state index contributed by atoms with van der Waals surface area (Å²) in [5, 5.41) is 1.73. The van der Waals surface area contributed by atoms with Crippen molar-refractivity contribution in [2.45, 2.75) is 47.2 Å². The van der Waals surface area contributed by atoms with E-state index in [1.807, 2.05) is 0 Å². The van der Waals surface area contributed by atoms with E-state index in [2.05, 4.69) is 46.9 Å². The van der Waals surface area contributed by atoms with E-state index in [0.29, 0.717) is 5.92 Å². The predicted molar refractivity (Wildman–Crippen MR) is 78.8 cm³/mol. The zero-order valence-corrected chi connectivity index (χ0v) is 18.3. The Kier molecular flexibility index (Phi) is 8.02. The molecule has 2 aliphatic carbocycles. The van der Waals surface area contributed by atoms with Gasteiger partial charge in [-0.3, -0.25) is 0 Å². The Hall–Kier alpha value is 0.640. The van der Waals surface area contributed by atoms with Crippen LogP contribution in [-0.4, -0.2) is 8.80 Å². The van der Waals surface area contributed by atoms with Crippen molar-refractivity contribution in [3.05, 3.63) is 42.4 Å². The van der Waals surface area contributed by atoms with Gasteiger partial charge in [-0.15, -0.1) is 0 Å². The first-order valence-electron chi connectivity index (χ1n) is 6.90. The van der Waals surface area contributed by atoms with E-state index in [1.54, 1.807) is 55.5 Å². The first-order chi connectivity index (χ1) is 8.36. The molecule has 0 aromatic carbocycles. The predicted octanol–water partition coefficient (Wildman–Crippen LogP) is -1.55. The fourth-order valence-electron chi connectivity index (χ4n) is 3.20. The first-order valence-corrected chi connectivity index (χ1v) is 11.0. The van der Waals surface area contributed by atoms with Gasteiger partial charge in [-0.05, 0) is 0 Å². The molecule has 2 rings (SSSR count). The molecule has 0 saturated heterocycles. The van der Waals surface area contributed by atoms with E-state index < -0.39 is 8.80 Å². The molecule has 0 radical (unpaired) electrons. The summed E-state index contributed by atoms with van der Waals surface area (Å²) in [6.45, 7) is 14.2. The Bertz CT molecular complexity index is 525. The zero-order valence-electron chi connectivity index (χ0n) is 13.2. The fourth-order valence-corrected chi connectivity index (χ4v) is 5.99. The van der Waals surface area contributed by atoms with Crippen LogP contribution in [0.3, 0.4) is 0 Å². The molecule has 1 atom stereocenters. The Balaban J connectivity index is 0.00000180. The summed E-state index contributed by atoms with van der Waals surface area (Å²) in [5.41, 5.74) is 8.00.